The summed E-state index contributed by atoms with van der Waals surface area (Å²) in [5.41, 5.74) is 0. The Morgan fingerprint density at radius 1 is 1.36 bits per heavy atom. The topological polar surface area (TPSA) is 23.5 Å². The summed E-state index contributed by atoms with van der Waals surface area (Å²) in [6.45, 7) is 7.17. The molecule has 0 saturated heterocycles. The molecule has 2 nitrogen and oxygen atoms in total. The molecule has 68 valence electrons. The highest BCUT2D eigenvalue weighted by atomic mass is 16.3. The first-order valence-electron chi connectivity index (χ1n) is 4.46. The van der Waals surface area contributed by atoms with E-state index in [1.165, 1.54) is 0 Å². The molecule has 1 N–H and O–H groups in total. The van der Waals surface area contributed by atoms with Crippen LogP contribution in [0.25, 0.3) is 0 Å². The standard InChI is InChI=1S/C9H21NO/c1-5-6-9(11)7-10(4)8(2)3/h8-9,11H,5-7H2,1-4H3. The molecule has 0 spiro atoms. The molecule has 0 rings (SSSR count). The number of hydrogen-bond acceptors (Lipinski definition) is 2. The van der Waals surface area contributed by atoms with E-state index in [0.717, 1.165) is 19.4 Å². The highest BCUT2D eigenvalue weighted by molar-refractivity contribution is 4.63. The third-order valence-corrected chi connectivity index (χ3v) is 2.00. The van der Waals surface area contributed by atoms with E-state index >= 15 is 0 Å². The normalized spacial score (nSPS) is 14.5. The van der Waals surface area contributed by atoms with E-state index in [1.807, 2.05) is 7.05 Å². The first kappa shape index (κ1) is 10.9. The van der Waals surface area contributed by atoms with Crippen LogP contribution in [0.4, 0.5) is 0 Å². The SMILES string of the molecule is CCCC(O)CN(C)C(C)C. The monoisotopic (exact) mass is 159 g/mol. The highest BCUT2D eigenvalue weighted by Gasteiger charge is 2.08. The Morgan fingerprint density at radius 2 is 1.91 bits per heavy atom. The Balaban J connectivity index is 3.48. The first-order valence-corrected chi connectivity index (χ1v) is 4.46. The summed E-state index contributed by atoms with van der Waals surface area (Å²) >= 11 is 0. The minimum atomic E-state index is -0.146. The second-order valence-electron chi connectivity index (χ2n) is 3.48. The van der Waals surface area contributed by atoms with Gasteiger partial charge in [0, 0.05) is 12.6 Å². The van der Waals surface area contributed by atoms with Crippen LogP contribution in [0.15, 0.2) is 0 Å². The van der Waals surface area contributed by atoms with Gasteiger partial charge in [-0.05, 0) is 27.3 Å². The van der Waals surface area contributed by atoms with E-state index < -0.39 is 0 Å². The fraction of sp³-hybridized carbons (Fsp3) is 1.00. The van der Waals surface area contributed by atoms with Crippen molar-refractivity contribution in [1.82, 2.24) is 4.90 Å². The molecular formula is C9H21NO. The van der Waals surface area contributed by atoms with Crippen molar-refractivity contribution in [2.24, 2.45) is 0 Å². The molecule has 0 saturated carbocycles. The van der Waals surface area contributed by atoms with E-state index in [4.69, 9.17) is 0 Å². The Morgan fingerprint density at radius 3 is 2.27 bits per heavy atom. The number of aliphatic hydroxyl groups is 1. The molecule has 1 atom stereocenters. The van der Waals surface area contributed by atoms with Gasteiger partial charge in [0.05, 0.1) is 6.10 Å². The van der Waals surface area contributed by atoms with Crippen molar-refractivity contribution in [2.45, 2.75) is 45.8 Å². The molecule has 0 fully saturated rings. The maximum atomic E-state index is 9.43. The van der Waals surface area contributed by atoms with Crippen molar-refractivity contribution in [2.75, 3.05) is 13.6 Å². The fourth-order valence-corrected chi connectivity index (χ4v) is 0.968. The lowest BCUT2D eigenvalue weighted by molar-refractivity contribution is 0.104. The molecule has 0 aromatic carbocycles. The van der Waals surface area contributed by atoms with Crippen LogP contribution in [0.3, 0.4) is 0 Å². The van der Waals surface area contributed by atoms with Crippen LogP contribution in [0.5, 0.6) is 0 Å². The second kappa shape index (κ2) is 5.56. The third-order valence-electron chi connectivity index (χ3n) is 2.00. The number of nitrogens with zero attached hydrogens (tertiary/aromatic N) is 1. The number of aliphatic hydroxyl groups excluding tert-OH is 1. The summed E-state index contributed by atoms with van der Waals surface area (Å²) in [5, 5.41) is 9.43. The molecule has 0 bridgehead atoms. The average Bonchev–Trinajstić information content (AvgIpc) is 1.87. The number of hydrogen-bond donors (Lipinski definition) is 1. The first-order chi connectivity index (χ1) is 5.07. The zero-order valence-corrected chi connectivity index (χ0v) is 8.17. The highest BCUT2D eigenvalue weighted by Crippen LogP contribution is 2.00. The summed E-state index contributed by atoms with van der Waals surface area (Å²) < 4.78 is 0. The van der Waals surface area contributed by atoms with Gasteiger partial charge in [0.15, 0.2) is 0 Å². The van der Waals surface area contributed by atoms with Gasteiger partial charge in [-0.1, -0.05) is 13.3 Å². The predicted octanol–water partition coefficient (Wildman–Crippen LogP) is 1.49. The number of likely N-dealkylation sites (N-methyl/N-ethyl adjacent to an activating group) is 1. The second-order valence-corrected chi connectivity index (χ2v) is 3.48. The van der Waals surface area contributed by atoms with Crippen molar-refractivity contribution >= 4 is 0 Å². The lowest BCUT2D eigenvalue weighted by atomic mass is 10.2. The summed E-state index contributed by atoms with van der Waals surface area (Å²) in [7, 11) is 2.05. The average molecular weight is 159 g/mol. The Kier molecular flexibility index (Phi) is 5.51. The summed E-state index contributed by atoms with van der Waals surface area (Å²) in [6, 6.07) is 0.529. The van der Waals surface area contributed by atoms with Crippen molar-refractivity contribution in [1.29, 1.82) is 0 Å². The molecule has 0 aliphatic rings. The molecule has 0 heterocycles. The van der Waals surface area contributed by atoms with Gasteiger partial charge in [0.2, 0.25) is 0 Å². The molecule has 0 amide bonds. The van der Waals surface area contributed by atoms with Gasteiger partial charge in [-0.3, -0.25) is 0 Å². The zero-order chi connectivity index (χ0) is 8.85. The van der Waals surface area contributed by atoms with Gasteiger partial charge in [0.1, 0.15) is 0 Å². The lowest BCUT2D eigenvalue weighted by Gasteiger charge is -2.23. The van der Waals surface area contributed by atoms with Gasteiger partial charge in [-0.15, -0.1) is 0 Å². The van der Waals surface area contributed by atoms with Crippen LogP contribution in [-0.2, 0) is 0 Å². The van der Waals surface area contributed by atoms with Crippen LogP contribution < -0.4 is 0 Å². The molecule has 2 heteroatoms. The molecule has 0 aliphatic carbocycles. The van der Waals surface area contributed by atoms with Crippen molar-refractivity contribution < 1.29 is 5.11 Å². The van der Waals surface area contributed by atoms with Crippen molar-refractivity contribution in [3.8, 4) is 0 Å². The third kappa shape index (κ3) is 5.22. The van der Waals surface area contributed by atoms with Crippen molar-refractivity contribution in [3.63, 3.8) is 0 Å². The fourth-order valence-electron chi connectivity index (χ4n) is 0.968. The Labute approximate surface area is 70.2 Å². The molecule has 11 heavy (non-hydrogen) atoms. The minimum absolute atomic E-state index is 0.146. The van der Waals surface area contributed by atoms with Gasteiger partial charge in [-0.2, -0.15) is 0 Å². The van der Waals surface area contributed by atoms with Gasteiger partial charge >= 0.3 is 0 Å². The van der Waals surface area contributed by atoms with Crippen molar-refractivity contribution in [3.05, 3.63) is 0 Å². The predicted molar refractivity (Wildman–Crippen MR) is 48.7 cm³/mol. The quantitative estimate of drug-likeness (QED) is 0.657. The molecule has 1 unspecified atom stereocenters. The number of rotatable bonds is 5. The minimum Gasteiger partial charge on any atom is -0.392 e. The van der Waals surface area contributed by atoms with Gasteiger partial charge < -0.3 is 10.0 Å². The van der Waals surface area contributed by atoms with Gasteiger partial charge in [0.25, 0.3) is 0 Å². The molecule has 0 aliphatic heterocycles. The van der Waals surface area contributed by atoms with Crippen LogP contribution >= 0.6 is 0 Å². The zero-order valence-electron chi connectivity index (χ0n) is 8.17. The molecular weight excluding hydrogens is 138 g/mol. The summed E-state index contributed by atoms with van der Waals surface area (Å²) in [5.74, 6) is 0. The van der Waals surface area contributed by atoms with E-state index in [1.54, 1.807) is 0 Å². The van der Waals surface area contributed by atoms with Crippen LogP contribution in [0.2, 0.25) is 0 Å². The molecule has 0 aromatic heterocycles. The Hall–Kier alpha value is -0.0800. The molecule has 0 radical (unpaired) electrons. The Bertz CT molecular complexity index is 93.6. The van der Waals surface area contributed by atoms with Crippen LogP contribution in [0, 0.1) is 0 Å². The maximum Gasteiger partial charge on any atom is 0.0667 e. The smallest absolute Gasteiger partial charge is 0.0667 e. The van der Waals surface area contributed by atoms with Gasteiger partial charge in [-0.25, -0.2) is 0 Å². The summed E-state index contributed by atoms with van der Waals surface area (Å²) in [4.78, 5) is 2.17. The lowest BCUT2D eigenvalue weighted by Crippen LogP contribution is -2.34. The van der Waals surface area contributed by atoms with E-state index in [-0.39, 0.29) is 6.10 Å². The van der Waals surface area contributed by atoms with E-state index in [0.29, 0.717) is 6.04 Å². The summed E-state index contributed by atoms with van der Waals surface area (Å²) in [6.07, 6.45) is 1.83. The van der Waals surface area contributed by atoms with Crippen LogP contribution in [-0.4, -0.2) is 35.7 Å². The maximum absolute atomic E-state index is 9.43. The van der Waals surface area contributed by atoms with E-state index in [2.05, 4.69) is 25.7 Å². The largest absolute Gasteiger partial charge is 0.392 e. The van der Waals surface area contributed by atoms with E-state index in [9.17, 15) is 5.11 Å². The molecule has 0 aromatic rings. The van der Waals surface area contributed by atoms with Crippen LogP contribution in [0.1, 0.15) is 33.6 Å².